The summed E-state index contributed by atoms with van der Waals surface area (Å²) in [6, 6.07) is 1.23. The summed E-state index contributed by atoms with van der Waals surface area (Å²) in [5.74, 6) is 0.710. The van der Waals surface area contributed by atoms with Crippen LogP contribution < -0.4 is 5.32 Å². The summed E-state index contributed by atoms with van der Waals surface area (Å²) in [5, 5.41) is 3.70. The third kappa shape index (κ3) is 3.65. The van der Waals surface area contributed by atoms with Gasteiger partial charge in [-0.1, -0.05) is 0 Å². The molecule has 2 aliphatic heterocycles. The summed E-state index contributed by atoms with van der Waals surface area (Å²) in [4.78, 5) is 4.90. The molecule has 2 heterocycles. The molecule has 0 bridgehead atoms. The van der Waals surface area contributed by atoms with Gasteiger partial charge in [0.1, 0.15) is 0 Å². The van der Waals surface area contributed by atoms with Gasteiger partial charge in [-0.3, -0.25) is 4.90 Å². The first-order valence-corrected chi connectivity index (χ1v) is 6.86. The molecule has 0 spiro atoms. The maximum atomic E-state index is 5.45. The molecule has 2 fully saturated rings. The van der Waals surface area contributed by atoms with E-state index in [4.69, 9.17) is 4.74 Å². The minimum absolute atomic E-state index is 0.582. The van der Waals surface area contributed by atoms with Gasteiger partial charge in [0.05, 0.1) is 6.61 Å². The van der Waals surface area contributed by atoms with Crippen LogP contribution in [0.3, 0.4) is 0 Å². The van der Waals surface area contributed by atoms with Crippen LogP contribution in [0.15, 0.2) is 0 Å². The Hall–Kier alpha value is -0.160. The molecule has 0 saturated carbocycles. The van der Waals surface area contributed by atoms with Crippen molar-refractivity contribution in [3.63, 3.8) is 0 Å². The van der Waals surface area contributed by atoms with Crippen molar-refractivity contribution in [2.24, 2.45) is 5.92 Å². The molecule has 17 heavy (non-hydrogen) atoms. The second-order valence-corrected chi connectivity index (χ2v) is 5.72. The van der Waals surface area contributed by atoms with E-state index in [0.29, 0.717) is 18.0 Å². The van der Waals surface area contributed by atoms with Gasteiger partial charge in [-0.05, 0) is 33.4 Å². The van der Waals surface area contributed by atoms with E-state index in [0.717, 1.165) is 19.8 Å². The highest BCUT2D eigenvalue weighted by atomic mass is 16.5. The average Bonchev–Trinajstić information content (AvgIpc) is 2.83. The molecule has 0 aliphatic carbocycles. The number of rotatable bonds is 4. The third-order valence-corrected chi connectivity index (χ3v) is 4.33. The van der Waals surface area contributed by atoms with Crippen LogP contribution in [0.2, 0.25) is 0 Å². The van der Waals surface area contributed by atoms with Gasteiger partial charge in [-0.15, -0.1) is 0 Å². The topological polar surface area (TPSA) is 27.7 Å². The molecule has 4 nitrogen and oxygen atoms in total. The molecule has 4 heteroatoms. The van der Waals surface area contributed by atoms with Gasteiger partial charge in [0.25, 0.3) is 0 Å². The highest BCUT2D eigenvalue weighted by Gasteiger charge is 2.25. The van der Waals surface area contributed by atoms with E-state index in [9.17, 15) is 0 Å². The molecular weight excluding hydrogens is 214 g/mol. The summed E-state index contributed by atoms with van der Waals surface area (Å²) in [7, 11) is 4.46. The molecular formula is C13H27N3O. The van der Waals surface area contributed by atoms with Crippen molar-refractivity contribution in [2.75, 3.05) is 53.5 Å². The molecule has 2 saturated heterocycles. The molecule has 2 rings (SSSR count). The lowest BCUT2D eigenvalue weighted by Crippen LogP contribution is -2.55. The first kappa shape index (κ1) is 13.3. The molecule has 0 radical (unpaired) electrons. The van der Waals surface area contributed by atoms with Crippen LogP contribution in [0, 0.1) is 5.92 Å². The van der Waals surface area contributed by atoms with Gasteiger partial charge in [0.2, 0.25) is 0 Å². The summed E-state index contributed by atoms with van der Waals surface area (Å²) in [6.45, 7) is 8.84. The van der Waals surface area contributed by atoms with Gasteiger partial charge < -0.3 is 15.0 Å². The molecule has 0 aromatic heterocycles. The van der Waals surface area contributed by atoms with Crippen LogP contribution >= 0.6 is 0 Å². The minimum Gasteiger partial charge on any atom is -0.381 e. The summed E-state index contributed by atoms with van der Waals surface area (Å²) >= 11 is 0. The van der Waals surface area contributed by atoms with Crippen molar-refractivity contribution in [1.82, 2.24) is 15.1 Å². The van der Waals surface area contributed by atoms with E-state index < -0.39 is 0 Å². The van der Waals surface area contributed by atoms with Gasteiger partial charge in [0.15, 0.2) is 0 Å². The number of ether oxygens (including phenoxy) is 1. The molecule has 100 valence electrons. The Bertz CT molecular complexity index is 231. The van der Waals surface area contributed by atoms with Crippen LogP contribution in [0.25, 0.3) is 0 Å². The fourth-order valence-corrected chi connectivity index (χ4v) is 2.76. The Balaban J connectivity index is 1.72. The van der Waals surface area contributed by atoms with Crippen molar-refractivity contribution < 1.29 is 4.74 Å². The average molecular weight is 241 g/mol. The second kappa shape index (κ2) is 6.14. The fraction of sp³-hybridized carbons (Fsp3) is 1.00. The largest absolute Gasteiger partial charge is 0.381 e. The monoisotopic (exact) mass is 241 g/mol. The number of hydrogen-bond donors (Lipinski definition) is 1. The van der Waals surface area contributed by atoms with E-state index in [1.807, 2.05) is 0 Å². The highest BCUT2D eigenvalue weighted by Crippen LogP contribution is 2.16. The van der Waals surface area contributed by atoms with Gasteiger partial charge in [-0.2, -0.15) is 0 Å². The van der Waals surface area contributed by atoms with Crippen LogP contribution in [0.1, 0.15) is 13.3 Å². The van der Waals surface area contributed by atoms with E-state index in [-0.39, 0.29) is 0 Å². The smallest absolute Gasteiger partial charge is 0.0509 e. The van der Waals surface area contributed by atoms with Crippen LogP contribution in [-0.4, -0.2) is 75.4 Å². The first-order chi connectivity index (χ1) is 8.16. The van der Waals surface area contributed by atoms with Crippen LogP contribution in [0.5, 0.6) is 0 Å². The Labute approximate surface area is 105 Å². The molecule has 3 unspecified atom stereocenters. The zero-order valence-corrected chi connectivity index (χ0v) is 11.5. The van der Waals surface area contributed by atoms with E-state index in [1.165, 1.54) is 26.1 Å². The normalized spacial score (nSPS) is 34.1. The van der Waals surface area contributed by atoms with Crippen molar-refractivity contribution in [2.45, 2.75) is 25.4 Å². The van der Waals surface area contributed by atoms with Crippen molar-refractivity contribution >= 4 is 0 Å². The van der Waals surface area contributed by atoms with Crippen LogP contribution in [0.4, 0.5) is 0 Å². The van der Waals surface area contributed by atoms with E-state index in [1.54, 1.807) is 0 Å². The Morgan fingerprint density at radius 1 is 1.35 bits per heavy atom. The number of nitrogens with zero attached hydrogens (tertiary/aromatic N) is 2. The fourth-order valence-electron chi connectivity index (χ4n) is 2.76. The molecule has 1 N–H and O–H groups in total. The maximum absolute atomic E-state index is 5.45. The predicted molar refractivity (Wildman–Crippen MR) is 70.3 cm³/mol. The van der Waals surface area contributed by atoms with Crippen LogP contribution in [-0.2, 0) is 4.74 Å². The van der Waals surface area contributed by atoms with Crippen molar-refractivity contribution in [1.29, 1.82) is 0 Å². The summed E-state index contributed by atoms with van der Waals surface area (Å²) in [6.07, 6.45) is 1.22. The van der Waals surface area contributed by atoms with Gasteiger partial charge in [0, 0.05) is 44.9 Å². The Morgan fingerprint density at radius 3 is 2.88 bits per heavy atom. The molecule has 0 aromatic carbocycles. The first-order valence-electron chi connectivity index (χ1n) is 6.86. The molecule has 3 atom stereocenters. The highest BCUT2D eigenvalue weighted by molar-refractivity contribution is 4.83. The van der Waals surface area contributed by atoms with Gasteiger partial charge >= 0.3 is 0 Å². The Kier molecular flexibility index (Phi) is 4.79. The van der Waals surface area contributed by atoms with E-state index >= 15 is 0 Å². The zero-order chi connectivity index (χ0) is 12.3. The van der Waals surface area contributed by atoms with Crippen molar-refractivity contribution in [3.05, 3.63) is 0 Å². The Morgan fingerprint density at radius 2 is 2.18 bits per heavy atom. The second-order valence-electron chi connectivity index (χ2n) is 5.72. The van der Waals surface area contributed by atoms with Crippen molar-refractivity contribution in [3.8, 4) is 0 Å². The standard InChI is InChI=1S/C13H27N3O/c1-11(12-4-7-17-10-12)14-8-13-9-15(2)5-6-16(13)3/h11-14H,4-10H2,1-3H3. The minimum atomic E-state index is 0.582. The summed E-state index contributed by atoms with van der Waals surface area (Å²) in [5.41, 5.74) is 0. The lowest BCUT2D eigenvalue weighted by atomic mass is 10.0. The quantitative estimate of drug-likeness (QED) is 0.763. The van der Waals surface area contributed by atoms with Gasteiger partial charge in [-0.25, -0.2) is 0 Å². The summed E-state index contributed by atoms with van der Waals surface area (Å²) < 4.78 is 5.45. The molecule has 0 amide bonds. The third-order valence-electron chi connectivity index (χ3n) is 4.33. The zero-order valence-electron chi connectivity index (χ0n) is 11.5. The lowest BCUT2D eigenvalue weighted by molar-refractivity contribution is 0.109. The number of piperazine rings is 1. The number of likely N-dealkylation sites (N-methyl/N-ethyl adjacent to an activating group) is 2. The maximum Gasteiger partial charge on any atom is 0.0509 e. The number of hydrogen-bond acceptors (Lipinski definition) is 4. The lowest BCUT2D eigenvalue weighted by Gasteiger charge is -2.38. The van der Waals surface area contributed by atoms with E-state index in [2.05, 4.69) is 36.1 Å². The SMILES string of the molecule is CC(NCC1CN(C)CCN1C)C1CCOC1. The molecule has 2 aliphatic rings. The predicted octanol–water partition coefficient (Wildman–Crippen LogP) is 0.247. The number of nitrogens with one attached hydrogen (secondary N) is 1. The molecule has 0 aromatic rings.